The fraction of sp³-hybridized carbons (Fsp3) is 0. The standard InChI is InChI=1S/4ClH.4H2N.2Pt/h4*1H;4*1H2;;/q;;;;4*-1;+1;+3/p-4. The van der Waals surface area contributed by atoms with Crippen molar-refractivity contribution in [1.29, 1.82) is 0 Å². The fourth-order valence-corrected chi connectivity index (χ4v) is 0. The summed E-state index contributed by atoms with van der Waals surface area (Å²) in [5, 5.41) is 0. The first kappa shape index (κ1) is 39.4. The summed E-state index contributed by atoms with van der Waals surface area (Å²) < 4.78 is 0. The molecular weight excluding hydrogens is 588 g/mol. The van der Waals surface area contributed by atoms with Gasteiger partial charge in [-0.2, -0.15) is 0 Å². The second-order valence-electron chi connectivity index (χ2n) is 0.136. The minimum atomic E-state index is -1.85. The van der Waals surface area contributed by atoms with Gasteiger partial charge in [-0.1, -0.05) is 0 Å². The van der Waals surface area contributed by atoms with Gasteiger partial charge in [0.05, 0.1) is 0 Å². The maximum Gasteiger partial charge on any atom is -0.693 e. The Hall–Kier alpha value is 2.38. The Kier molecular flexibility index (Phi) is 167. The third-order valence-electron chi connectivity index (χ3n) is 0. The first-order chi connectivity index (χ1) is 2.73. The van der Waals surface area contributed by atoms with Gasteiger partial charge in [-0.15, -0.1) is 0 Å². The molecule has 0 aromatic rings. The van der Waals surface area contributed by atoms with Gasteiger partial charge in [-0.05, 0) is 0 Å². The van der Waals surface area contributed by atoms with Crippen LogP contribution in [0.25, 0.3) is 24.6 Å². The van der Waals surface area contributed by atoms with Gasteiger partial charge in [0.2, 0.25) is 0 Å². The molecule has 0 heterocycles. The maximum atomic E-state index is 4.96. The van der Waals surface area contributed by atoms with Crippen LogP contribution in [0.1, 0.15) is 0 Å². The van der Waals surface area contributed by atoms with E-state index in [0.29, 0.717) is 0 Å². The normalized spacial score (nSPS) is 5.20. The summed E-state index contributed by atoms with van der Waals surface area (Å²) in [6.45, 7) is 0. The summed E-state index contributed by atoms with van der Waals surface area (Å²) in [4.78, 5) is 0. The predicted molar refractivity (Wildman–Crippen MR) is 44.5 cm³/mol. The second kappa shape index (κ2) is 42.4. The summed E-state index contributed by atoms with van der Waals surface area (Å²) in [5.41, 5.74) is 0. The van der Waals surface area contributed by atoms with Crippen LogP contribution in [0.5, 0.6) is 0 Å². The molecule has 0 fully saturated rings. The van der Waals surface area contributed by atoms with Crippen LogP contribution in [0.2, 0.25) is 0 Å². The zero-order chi connectivity index (χ0) is 5.58. The van der Waals surface area contributed by atoms with Crippen LogP contribution in [0, 0.1) is 0 Å². The van der Waals surface area contributed by atoms with Crippen molar-refractivity contribution in [2.75, 3.05) is 0 Å². The van der Waals surface area contributed by atoms with Crippen molar-refractivity contribution in [1.82, 2.24) is 0 Å². The Bertz CT molecular complexity index is 20.0. The zero-order valence-electron chi connectivity index (χ0n) is 4.45. The van der Waals surface area contributed by atoms with Crippen LogP contribution in [0.3, 0.4) is 0 Å². The molecule has 0 aliphatic carbocycles. The fourth-order valence-electron chi connectivity index (χ4n) is 0. The largest absolute Gasteiger partial charge is 0.693 e. The number of hydrogen-bond acceptors (Lipinski definition) is 0. The molecule has 10 heavy (non-hydrogen) atoms. The van der Waals surface area contributed by atoms with Crippen molar-refractivity contribution in [2.24, 2.45) is 0 Å². The average molecular weight is 596 g/mol. The van der Waals surface area contributed by atoms with Gasteiger partial charge >= 0.3 is 70.6 Å². The molecular formula is H8Cl4N4Pt2-4. The monoisotopic (exact) mass is 594 g/mol. The quantitative estimate of drug-likeness (QED) is 0.344. The molecule has 0 saturated heterocycles. The molecule has 0 radical (unpaired) electrons. The summed E-state index contributed by atoms with van der Waals surface area (Å²) in [7, 11) is 19.5. The topological polar surface area (TPSA) is 134 Å². The molecule has 0 aromatic heterocycles. The van der Waals surface area contributed by atoms with Crippen LogP contribution < -0.4 is 0 Å². The Morgan fingerprint density at radius 1 is 0.700 bits per heavy atom. The van der Waals surface area contributed by atoms with E-state index in [1.165, 1.54) is 0 Å². The van der Waals surface area contributed by atoms with Crippen molar-refractivity contribution in [2.45, 2.75) is 0 Å². The van der Waals surface area contributed by atoms with E-state index in [2.05, 4.69) is 9.42 Å². The van der Waals surface area contributed by atoms with Gasteiger partial charge in [-0.25, -0.2) is 0 Å². The maximum absolute atomic E-state index is 4.96. The minimum absolute atomic E-state index is 0. The van der Waals surface area contributed by atoms with E-state index >= 15 is 0 Å². The van der Waals surface area contributed by atoms with E-state index in [4.69, 9.17) is 28.3 Å². The second-order valence-corrected chi connectivity index (χ2v) is 9.98. The number of halogens is 4. The predicted octanol–water partition coefficient (Wildman–Crippen LogP) is 5.62. The van der Waals surface area contributed by atoms with Crippen molar-refractivity contribution >= 4 is 37.7 Å². The van der Waals surface area contributed by atoms with E-state index in [-0.39, 0.29) is 24.6 Å². The molecule has 0 atom stereocenters. The van der Waals surface area contributed by atoms with Crippen molar-refractivity contribution < 1.29 is 33.0 Å². The molecule has 0 saturated carbocycles. The van der Waals surface area contributed by atoms with E-state index in [1.807, 2.05) is 0 Å². The molecule has 8 N–H and O–H groups in total. The molecule has 0 spiro atoms. The summed E-state index contributed by atoms with van der Waals surface area (Å²) in [5.74, 6) is 0. The Labute approximate surface area is 94.2 Å². The van der Waals surface area contributed by atoms with Crippen molar-refractivity contribution in [3.63, 3.8) is 0 Å². The van der Waals surface area contributed by atoms with Crippen LogP contribution in [-0.4, -0.2) is 0 Å². The van der Waals surface area contributed by atoms with Gasteiger partial charge in [0.15, 0.2) is 0 Å². The zero-order valence-corrected chi connectivity index (χ0v) is 12.0. The van der Waals surface area contributed by atoms with E-state index in [1.54, 1.807) is 18.8 Å². The Morgan fingerprint density at radius 2 is 0.700 bits per heavy atom. The summed E-state index contributed by atoms with van der Waals surface area (Å²) in [6.07, 6.45) is 0. The number of hydrogen-bond donors (Lipinski definition) is 0. The summed E-state index contributed by atoms with van der Waals surface area (Å²) in [6, 6.07) is 0. The third-order valence-corrected chi connectivity index (χ3v) is 0. The number of nitrogens with two attached hydrogens (primary N) is 4. The smallest absolute Gasteiger partial charge is 0.693 e. The van der Waals surface area contributed by atoms with Crippen LogP contribution in [-0.2, 0) is 33.0 Å². The van der Waals surface area contributed by atoms with Crippen LogP contribution in [0.4, 0.5) is 0 Å². The molecule has 0 aliphatic heterocycles. The molecule has 0 rings (SSSR count). The van der Waals surface area contributed by atoms with E-state index in [9.17, 15) is 0 Å². The molecule has 0 amide bonds. The van der Waals surface area contributed by atoms with Crippen molar-refractivity contribution in [3.05, 3.63) is 24.6 Å². The molecule has 80 valence electrons. The van der Waals surface area contributed by atoms with Gasteiger partial charge in [0, 0.05) is 0 Å². The molecule has 10 heteroatoms. The first-order valence-electron chi connectivity index (χ1n) is 0.478. The molecule has 0 aromatic carbocycles. The van der Waals surface area contributed by atoms with Crippen LogP contribution >= 0.6 is 37.7 Å². The van der Waals surface area contributed by atoms with Gasteiger partial charge in [0.1, 0.15) is 0 Å². The SMILES string of the molecule is [Cl][Pt].[Cl][Pt]([Cl])[Cl].[NH2-].[NH2-].[NH2-].[NH2-]. The van der Waals surface area contributed by atoms with Gasteiger partial charge < -0.3 is 24.6 Å². The number of rotatable bonds is 0. The molecule has 0 unspecified atom stereocenters. The van der Waals surface area contributed by atoms with Crippen molar-refractivity contribution in [3.8, 4) is 0 Å². The molecule has 4 nitrogen and oxygen atoms in total. The van der Waals surface area contributed by atoms with Crippen LogP contribution in [0.15, 0.2) is 0 Å². The van der Waals surface area contributed by atoms with E-state index in [0.717, 1.165) is 0 Å². The molecule has 0 aliphatic rings. The third kappa shape index (κ3) is 162. The molecule has 0 bridgehead atoms. The Morgan fingerprint density at radius 3 is 0.700 bits per heavy atom. The average Bonchev–Trinajstić information content (AvgIpc) is 1.41. The Balaban J connectivity index is -0.00000000625. The van der Waals surface area contributed by atoms with Gasteiger partial charge in [0.25, 0.3) is 0 Å². The van der Waals surface area contributed by atoms with Gasteiger partial charge in [-0.3, -0.25) is 0 Å². The summed E-state index contributed by atoms with van der Waals surface area (Å²) >= 11 is -0.241. The minimum Gasteiger partial charge on any atom is -0.693 e. The first-order valence-corrected chi connectivity index (χ1v) is 11.7. The van der Waals surface area contributed by atoms with E-state index < -0.39 is 14.2 Å².